The molecular formula is C17H22N2O3. The fourth-order valence-corrected chi connectivity index (χ4v) is 3.25. The quantitative estimate of drug-likeness (QED) is 0.927. The van der Waals surface area contributed by atoms with E-state index in [0.29, 0.717) is 12.1 Å². The second-order valence-electron chi connectivity index (χ2n) is 6.08. The van der Waals surface area contributed by atoms with Crippen LogP contribution in [0.15, 0.2) is 18.2 Å². The molecule has 2 aliphatic rings. The van der Waals surface area contributed by atoms with Crippen LogP contribution in [0.5, 0.6) is 0 Å². The Kier molecular flexibility index (Phi) is 4.16. The van der Waals surface area contributed by atoms with E-state index in [1.807, 2.05) is 19.1 Å². The van der Waals surface area contributed by atoms with Crippen molar-refractivity contribution in [2.45, 2.75) is 45.3 Å². The minimum atomic E-state index is -0.0768. The molecule has 2 amide bonds. The van der Waals surface area contributed by atoms with Crippen molar-refractivity contribution in [1.82, 2.24) is 5.32 Å². The summed E-state index contributed by atoms with van der Waals surface area (Å²) in [7, 11) is 0. The first-order chi connectivity index (χ1) is 10.6. The number of fused-ring (bicyclic) bond motifs is 1. The SMILES string of the molecule is CC(=O)N1CCc2cc(C(=O)N[C@H](C)[C@H]3CCCO3)ccc21. The normalized spacial score (nSPS) is 21.5. The van der Waals surface area contributed by atoms with Gasteiger partial charge in [-0.25, -0.2) is 0 Å². The van der Waals surface area contributed by atoms with Crippen molar-refractivity contribution < 1.29 is 14.3 Å². The van der Waals surface area contributed by atoms with E-state index in [2.05, 4.69) is 5.32 Å². The second kappa shape index (κ2) is 6.08. The van der Waals surface area contributed by atoms with Crippen molar-refractivity contribution in [3.05, 3.63) is 29.3 Å². The maximum Gasteiger partial charge on any atom is 0.251 e. The van der Waals surface area contributed by atoms with Crippen molar-refractivity contribution in [3.8, 4) is 0 Å². The highest BCUT2D eigenvalue weighted by molar-refractivity contribution is 5.98. The molecule has 0 bridgehead atoms. The number of carbonyl (C=O) groups is 2. The van der Waals surface area contributed by atoms with Crippen LogP contribution in [0.25, 0.3) is 0 Å². The van der Waals surface area contributed by atoms with Crippen LogP contribution < -0.4 is 10.2 Å². The number of nitrogens with zero attached hydrogens (tertiary/aromatic N) is 1. The Morgan fingerprint density at radius 1 is 1.41 bits per heavy atom. The lowest BCUT2D eigenvalue weighted by atomic mass is 10.1. The third kappa shape index (κ3) is 2.86. The highest BCUT2D eigenvalue weighted by Crippen LogP contribution is 2.29. The zero-order valence-electron chi connectivity index (χ0n) is 13.1. The molecule has 1 aromatic rings. The highest BCUT2D eigenvalue weighted by Gasteiger charge is 2.26. The second-order valence-corrected chi connectivity index (χ2v) is 6.08. The molecule has 118 valence electrons. The smallest absolute Gasteiger partial charge is 0.251 e. The van der Waals surface area contributed by atoms with E-state index in [9.17, 15) is 9.59 Å². The fourth-order valence-electron chi connectivity index (χ4n) is 3.25. The average molecular weight is 302 g/mol. The van der Waals surface area contributed by atoms with Gasteiger partial charge in [-0.15, -0.1) is 0 Å². The molecule has 1 fully saturated rings. The molecule has 3 rings (SSSR count). The highest BCUT2D eigenvalue weighted by atomic mass is 16.5. The number of nitrogens with one attached hydrogen (secondary N) is 1. The number of hydrogen-bond acceptors (Lipinski definition) is 3. The van der Waals surface area contributed by atoms with Crippen molar-refractivity contribution in [3.63, 3.8) is 0 Å². The molecule has 2 heterocycles. The number of hydrogen-bond donors (Lipinski definition) is 1. The van der Waals surface area contributed by atoms with Gasteiger partial charge in [0, 0.05) is 31.3 Å². The van der Waals surface area contributed by atoms with Crippen LogP contribution >= 0.6 is 0 Å². The molecule has 1 saturated heterocycles. The monoisotopic (exact) mass is 302 g/mol. The molecule has 0 spiro atoms. The Labute approximate surface area is 130 Å². The Bertz CT molecular complexity index is 594. The van der Waals surface area contributed by atoms with Gasteiger partial charge in [-0.05, 0) is 49.9 Å². The summed E-state index contributed by atoms with van der Waals surface area (Å²) in [6.45, 7) is 5.03. The van der Waals surface area contributed by atoms with Gasteiger partial charge in [0.15, 0.2) is 0 Å². The predicted octanol–water partition coefficient (Wildman–Crippen LogP) is 1.89. The summed E-state index contributed by atoms with van der Waals surface area (Å²) in [6, 6.07) is 5.57. The lowest BCUT2D eigenvalue weighted by Crippen LogP contribution is -2.40. The van der Waals surface area contributed by atoms with Crippen LogP contribution in [0.3, 0.4) is 0 Å². The van der Waals surface area contributed by atoms with Crippen molar-refractivity contribution in [2.24, 2.45) is 0 Å². The molecule has 5 heteroatoms. The van der Waals surface area contributed by atoms with Crippen LogP contribution in [0.2, 0.25) is 0 Å². The minimum Gasteiger partial charge on any atom is -0.376 e. The average Bonchev–Trinajstić information content (AvgIpc) is 3.15. The zero-order valence-corrected chi connectivity index (χ0v) is 13.1. The van der Waals surface area contributed by atoms with Gasteiger partial charge in [0.1, 0.15) is 0 Å². The Morgan fingerprint density at radius 2 is 2.23 bits per heavy atom. The topological polar surface area (TPSA) is 58.6 Å². The van der Waals surface area contributed by atoms with Gasteiger partial charge in [-0.2, -0.15) is 0 Å². The Balaban J connectivity index is 1.70. The molecule has 1 aromatic carbocycles. The largest absolute Gasteiger partial charge is 0.376 e. The molecule has 0 unspecified atom stereocenters. The standard InChI is InChI=1S/C17H22N2O3/c1-11(16-4-3-9-22-16)18-17(21)14-5-6-15-13(10-14)7-8-19(15)12(2)20/h5-6,10-11,16H,3-4,7-9H2,1-2H3,(H,18,21)/t11-,16-/m1/s1. The number of ether oxygens (including phenoxy) is 1. The zero-order chi connectivity index (χ0) is 15.7. The van der Waals surface area contributed by atoms with E-state index in [0.717, 1.165) is 37.1 Å². The van der Waals surface area contributed by atoms with Crippen molar-refractivity contribution in [1.29, 1.82) is 0 Å². The molecule has 1 N–H and O–H groups in total. The first-order valence-corrected chi connectivity index (χ1v) is 7.90. The van der Waals surface area contributed by atoms with Crippen molar-refractivity contribution in [2.75, 3.05) is 18.1 Å². The fraction of sp³-hybridized carbons (Fsp3) is 0.529. The third-order valence-electron chi connectivity index (χ3n) is 4.50. The van der Waals surface area contributed by atoms with Gasteiger partial charge in [0.2, 0.25) is 5.91 Å². The first kappa shape index (κ1) is 15.0. The molecule has 22 heavy (non-hydrogen) atoms. The number of anilines is 1. The van der Waals surface area contributed by atoms with Crippen LogP contribution in [-0.4, -0.2) is 37.1 Å². The molecule has 5 nitrogen and oxygen atoms in total. The summed E-state index contributed by atoms with van der Waals surface area (Å²) in [4.78, 5) is 25.7. The van der Waals surface area contributed by atoms with Gasteiger partial charge >= 0.3 is 0 Å². The number of benzene rings is 1. The Hall–Kier alpha value is -1.88. The molecule has 0 aliphatic carbocycles. The predicted molar refractivity (Wildman–Crippen MR) is 84.1 cm³/mol. The number of carbonyl (C=O) groups excluding carboxylic acids is 2. The summed E-state index contributed by atoms with van der Waals surface area (Å²) in [5.74, 6) is -0.0324. The van der Waals surface area contributed by atoms with Crippen LogP contribution in [0.4, 0.5) is 5.69 Å². The van der Waals surface area contributed by atoms with Gasteiger partial charge in [-0.3, -0.25) is 9.59 Å². The van der Waals surface area contributed by atoms with E-state index >= 15 is 0 Å². The lowest BCUT2D eigenvalue weighted by Gasteiger charge is -2.20. The van der Waals surface area contributed by atoms with Gasteiger partial charge in [0.05, 0.1) is 12.1 Å². The molecule has 0 radical (unpaired) electrons. The van der Waals surface area contributed by atoms with E-state index in [-0.39, 0.29) is 24.0 Å². The van der Waals surface area contributed by atoms with E-state index in [1.54, 1.807) is 17.9 Å². The number of amides is 2. The summed E-state index contributed by atoms with van der Waals surface area (Å²) in [5, 5.41) is 3.02. The molecule has 2 atom stereocenters. The minimum absolute atomic E-state index is 0.0111. The van der Waals surface area contributed by atoms with E-state index in [1.165, 1.54) is 0 Å². The van der Waals surface area contributed by atoms with Gasteiger partial charge in [0.25, 0.3) is 5.91 Å². The van der Waals surface area contributed by atoms with Crippen LogP contribution in [0, 0.1) is 0 Å². The summed E-state index contributed by atoms with van der Waals surface area (Å²) in [5.41, 5.74) is 2.64. The molecular weight excluding hydrogens is 280 g/mol. The van der Waals surface area contributed by atoms with Gasteiger partial charge in [-0.1, -0.05) is 0 Å². The number of rotatable bonds is 3. The first-order valence-electron chi connectivity index (χ1n) is 7.90. The van der Waals surface area contributed by atoms with Crippen LogP contribution in [-0.2, 0) is 16.0 Å². The van der Waals surface area contributed by atoms with E-state index in [4.69, 9.17) is 4.74 Å². The summed E-state index contributed by atoms with van der Waals surface area (Å²) >= 11 is 0. The molecule has 0 saturated carbocycles. The maximum atomic E-state index is 12.4. The van der Waals surface area contributed by atoms with Gasteiger partial charge < -0.3 is 15.0 Å². The third-order valence-corrected chi connectivity index (χ3v) is 4.50. The summed E-state index contributed by atoms with van der Waals surface area (Å²) < 4.78 is 5.61. The Morgan fingerprint density at radius 3 is 2.91 bits per heavy atom. The van der Waals surface area contributed by atoms with E-state index < -0.39 is 0 Å². The lowest BCUT2D eigenvalue weighted by molar-refractivity contribution is -0.116. The summed E-state index contributed by atoms with van der Waals surface area (Å²) in [6.07, 6.45) is 2.98. The molecule has 2 aliphatic heterocycles. The van der Waals surface area contributed by atoms with Crippen LogP contribution in [0.1, 0.15) is 42.6 Å². The molecule has 0 aromatic heterocycles. The maximum absolute atomic E-state index is 12.4. The van der Waals surface area contributed by atoms with Crippen molar-refractivity contribution >= 4 is 17.5 Å².